The van der Waals surface area contributed by atoms with Gasteiger partial charge in [-0.3, -0.25) is 4.79 Å². The highest BCUT2D eigenvalue weighted by atomic mass is 35.5. The maximum atomic E-state index is 12.0. The van der Waals surface area contributed by atoms with E-state index in [9.17, 15) is 4.79 Å². The molecule has 3 aromatic rings. The molecule has 0 bridgehead atoms. The molecule has 25 heavy (non-hydrogen) atoms. The predicted octanol–water partition coefficient (Wildman–Crippen LogP) is 4.54. The van der Waals surface area contributed by atoms with E-state index in [0.29, 0.717) is 28.8 Å². The summed E-state index contributed by atoms with van der Waals surface area (Å²) < 4.78 is 13.0. The number of benzene rings is 2. The molecule has 0 fully saturated rings. The first-order valence-corrected chi connectivity index (χ1v) is 8.35. The summed E-state index contributed by atoms with van der Waals surface area (Å²) in [5.41, 5.74) is 8.40. The number of rotatable bonds is 5. The molecule has 0 atom stereocenters. The molecule has 0 amide bonds. The maximum absolute atomic E-state index is 12.0. The van der Waals surface area contributed by atoms with Crippen molar-refractivity contribution in [3.05, 3.63) is 53.2 Å². The summed E-state index contributed by atoms with van der Waals surface area (Å²) in [5.74, 6) is 0.966. The van der Waals surface area contributed by atoms with Crippen molar-refractivity contribution in [1.29, 1.82) is 0 Å². The number of hydrogen-bond donors (Lipinski definition) is 1. The van der Waals surface area contributed by atoms with Gasteiger partial charge in [-0.05, 0) is 50.2 Å². The van der Waals surface area contributed by atoms with E-state index in [0.717, 1.165) is 16.6 Å². The van der Waals surface area contributed by atoms with E-state index in [-0.39, 0.29) is 12.5 Å². The second-order valence-electron chi connectivity index (χ2n) is 5.60. The molecule has 0 spiro atoms. The Morgan fingerprint density at radius 1 is 1.20 bits per heavy atom. The fourth-order valence-electron chi connectivity index (χ4n) is 2.80. The molecule has 1 heterocycles. The Balaban J connectivity index is 2.09. The molecule has 2 N–H and O–H groups in total. The van der Waals surface area contributed by atoms with Gasteiger partial charge in [0.05, 0.1) is 23.2 Å². The van der Waals surface area contributed by atoms with Crippen LogP contribution in [0.3, 0.4) is 0 Å². The summed E-state index contributed by atoms with van der Waals surface area (Å²) in [6, 6.07) is 12.7. The van der Waals surface area contributed by atoms with Crippen LogP contribution in [0, 0.1) is 6.92 Å². The summed E-state index contributed by atoms with van der Waals surface area (Å²) in [4.78, 5) is 12.0. The topological polar surface area (TPSA) is 66.5 Å². The fourth-order valence-corrected chi connectivity index (χ4v) is 2.92. The molecule has 130 valence electrons. The van der Waals surface area contributed by atoms with Gasteiger partial charge < -0.3 is 19.8 Å². The quantitative estimate of drug-likeness (QED) is 0.537. The smallest absolute Gasteiger partial charge is 0.325 e. The zero-order valence-corrected chi connectivity index (χ0v) is 14.8. The molecule has 2 aromatic carbocycles. The zero-order chi connectivity index (χ0) is 18.0. The average Bonchev–Trinajstić information content (AvgIpc) is 2.84. The molecule has 5 nitrogen and oxygen atoms in total. The van der Waals surface area contributed by atoms with Crippen LogP contribution in [-0.2, 0) is 16.1 Å². The van der Waals surface area contributed by atoms with Gasteiger partial charge >= 0.3 is 5.97 Å². The van der Waals surface area contributed by atoms with E-state index in [4.69, 9.17) is 26.8 Å². The van der Waals surface area contributed by atoms with Gasteiger partial charge in [-0.1, -0.05) is 17.7 Å². The summed E-state index contributed by atoms with van der Waals surface area (Å²) in [5, 5.41) is 1.41. The number of ether oxygens (including phenoxy) is 2. The minimum atomic E-state index is -0.303. The largest absolute Gasteiger partial charge is 0.465 e. The van der Waals surface area contributed by atoms with Gasteiger partial charge in [-0.15, -0.1) is 0 Å². The van der Waals surface area contributed by atoms with E-state index in [2.05, 4.69) is 0 Å². The molecule has 3 rings (SSSR count). The molecule has 0 unspecified atom stereocenters. The molecular formula is C19H19ClN2O3. The first-order chi connectivity index (χ1) is 12.0. The SMILES string of the molecule is CCOC(=O)Cn1c(C)c(Oc2ccc(Cl)cc2)c2c(N)cccc21. The fraction of sp³-hybridized carbons (Fsp3) is 0.211. The molecule has 0 saturated heterocycles. The van der Waals surface area contributed by atoms with Crippen molar-refractivity contribution in [2.75, 3.05) is 12.3 Å². The molecular weight excluding hydrogens is 340 g/mol. The Labute approximate surface area is 150 Å². The lowest BCUT2D eigenvalue weighted by Crippen LogP contribution is -2.14. The van der Waals surface area contributed by atoms with Crippen LogP contribution < -0.4 is 10.5 Å². The number of nitrogen functional groups attached to an aromatic ring is 1. The summed E-state index contributed by atoms with van der Waals surface area (Å²) >= 11 is 5.93. The molecule has 1 aromatic heterocycles. The Morgan fingerprint density at radius 3 is 2.60 bits per heavy atom. The molecule has 0 aliphatic rings. The number of fused-ring (bicyclic) bond motifs is 1. The number of anilines is 1. The van der Waals surface area contributed by atoms with Gasteiger partial charge in [0.15, 0.2) is 5.75 Å². The van der Waals surface area contributed by atoms with Crippen molar-refractivity contribution in [1.82, 2.24) is 4.57 Å². The molecule has 6 heteroatoms. The second kappa shape index (κ2) is 7.07. The Bertz CT molecular complexity index is 917. The third-order valence-corrected chi connectivity index (χ3v) is 4.20. The van der Waals surface area contributed by atoms with Crippen LogP contribution in [0.1, 0.15) is 12.6 Å². The van der Waals surface area contributed by atoms with Crippen LogP contribution in [0.4, 0.5) is 5.69 Å². The van der Waals surface area contributed by atoms with E-state index < -0.39 is 0 Å². The van der Waals surface area contributed by atoms with Gasteiger partial charge in [0, 0.05) is 10.7 Å². The third kappa shape index (κ3) is 3.42. The zero-order valence-electron chi connectivity index (χ0n) is 14.1. The van der Waals surface area contributed by atoms with Crippen molar-refractivity contribution in [3.63, 3.8) is 0 Å². The van der Waals surface area contributed by atoms with E-state index >= 15 is 0 Å². The molecule has 0 aliphatic heterocycles. The average molecular weight is 359 g/mol. The highest BCUT2D eigenvalue weighted by molar-refractivity contribution is 6.30. The number of hydrogen-bond acceptors (Lipinski definition) is 4. The van der Waals surface area contributed by atoms with Gasteiger partial charge in [-0.2, -0.15) is 0 Å². The van der Waals surface area contributed by atoms with Crippen LogP contribution in [0.2, 0.25) is 5.02 Å². The lowest BCUT2D eigenvalue weighted by Gasteiger charge is -2.09. The Kier molecular flexibility index (Phi) is 4.86. The van der Waals surface area contributed by atoms with E-state index in [1.54, 1.807) is 31.2 Å². The lowest BCUT2D eigenvalue weighted by atomic mass is 10.2. The van der Waals surface area contributed by atoms with Crippen LogP contribution in [0.15, 0.2) is 42.5 Å². The minimum Gasteiger partial charge on any atom is -0.465 e. The van der Waals surface area contributed by atoms with Gasteiger partial charge in [-0.25, -0.2) is 0 Å². The minimum absolute atomic E-state index is 0.101. The van der Waals surface area contributed by atoms with E-state index in [1.807, 2.05) is 29.7 Å². The van der Waals surface area contributed by atoms with Gasteiger partial charge in [0.1, 0.15) is 12.3 Å². The normalized spacial score (nSPS) is 10.8. The van der Waals surface area contributed by atoms with Gasteiger partial charge in [0.2, 0.25) is 0 Å². The van der Waals surface area contributed by atoms with Crippen molar-refractivity contribution in [2.45, 2.75) is 20.4 Å². The number of nitrogens with zero attached hydrogens (tertiary/aromatic N) is 1. The van der Waals surface area contributed by atoms with Crippen molar-refractivity contribution < 1.29 is 14.3 Å². The molecule has 0 aliphatic carbocycles. The highest BCUT2D eigenvalue weighted by Crippen LogP contribution is 2.39. The number of nitrogens with two attached hydrogens (primary N) is 1. The highest BCUT2D eigenvalue weighted by Gasteiger charge is 2.20. The molecule has 0 saturated carbocycles. The summed E-state index contributed by atoms with van der Waals surface area (Å²) in [7, 11) is 0. The Hall–Kier alpha value is -2.66. The lowest BCUT2D eigenvalue weighted by molar-refractivity contribution is -0.143. The number of halogens is 1. The van der Waals surface area contributed by atoms with Crippen LogP contribution in [0.5, 0.6) is 11.5 Å². The van der Waals surface area contributed by atoms with Crippen molar-refractivity contribution >= 4 is 34.2 Å². The monoisotopic (exact) mass is 358 g/mol. The van der Waals surface area contributed by atoms with Crippen LogP contribution in [0.25, 0.3) is 10.9 Å². The molecule has 0 radical (unpaired) electrons. The van der Waals surface area contributed by atoms with E-state index in [1.165, 1.54) is 0 Å². The van der Waals surface area contributed by atoms with Crippen molar-refractivity contribution in [2.24, 2.45) is 0 Å². The maximum Gasteiger partial charge on any atom is 0.325 e. The second-order valence-corrected chi connectivity index (χ2v) is 6.04. The first kappa shape index (κ1) is 17.2. The number of aromatic nitrogens is 1. The number of esters is 1. The Morgan fingerprint density at radius 2 is 1.92 bits per heavy atom. The third-order valence-electron chi connectivity index (χ3n) is 3.95. The predicted molar refractivity (Wildman–Crippen MR) is 99.2 cm³/mol. The number of carbonyl (C=O) groups is 1. The number of carbonyl (C=O) groups excluding carboxylic acids is 1. The van der Waals surface area contributed by atoms with Gasteiger partial charge in [0.25, 0.3) is 0 Å². The summed E-state index contributed by atoms with van der Waals surface area (Å²) in [6.45, 7) is 4.12. The first-order valence-electron chi connectivity index (χ1n) is 7.97. The standard InChI is InChI=1S/C19H19ClN2O3/c1-3-24-17(23)11-22-12(2)19(18-15(21)5-4-6-16(18)22)25-14-9-7-13(20)8-10-14/h4-10H,3,11,21H2,1-2H3. The van der Waals surface area contributed by atoms with Crippen molar-refractivity contribution in [3.8, 4) is 11.5 Å². The van der Waals surface area contributed by atoms with Crippen LogP contribution in [-0.4, -0.2) is 17.1 Å². The van der Waals surface area contributed by atoms with Crippen LogP contribution >= 0.6 is 11.6 Å². The summed E-state index contributed by atoms with van der Waals surface area (Å²) in [6.07, 6.45) is 0.